The molecule has 1 atom stereocenters. The molecule has 1 saturated heterocycles. The number of halogens is 2. The van der Waals surface area contributed by atoms with Crippen LogP contribution in [0.25, 0.3) is 0 Å². The Balaban J connectivity index is 1.33. The standard InChI is InChI=1S/C21H22F2N4O/c22-18-6-5-17(12-19(18)23)28-10-7-16-11-20(26-25-16)21-4-2-9-27(21)14-15-3-1-8-24-13-15/h1,3,5-6,8,11-13,21H,2,4,7,9-10,14H2,(H,25,26). The van der Waals surface area contributed by atoms with Gasteiger partial charge in [-0.3, -0.25) is 15.0 Å². The molecule has 146 valence electrons. The van der Waals surface area contributed by atoms with E-state index in [9.17, 15) is 8.78 Å². The SMILES string of the molecule is Fc1ccc(OCCc2cc(C3CCCN3Cc3cccnc3)n[nH]2)cc1F. The van der Waals surface area contributed by atoms with Crippen molar-refractivity contribution in [2.75, 3.05) is 13.2 Å². The van der Waals surface area contributed by atoms with Crippen molar-refractivity contribution in [3.8, 4) is 5.75 Å². The number of hydrogen-bond donors (Lipinski definition) is 1. The summed E-state index contributed by atoms with van der Waals surface area (Å²) >= 11 is 0. The molecule has 0 aliphatic carbocycles. The molecule has 1 aliphatic rings. The number of aromatic amines is 1. The first-order valence-corrected chi connectivity index (χ1v) is 9.44. The minimum atomic E-state index is -0.906. The van der Waals surface area contributed by atoms with Gasteiger partial charge in [0, 0.05) is 37.1 Å². The number of nitrogens with zero attached hydrogens (tertiary/aromatic N) is 3. The molecule has 7 heteroatoms. The summed E-state index contributed by atoms with van der Waals surface area (Å²) in [7, 11) is 0. The van der Waals surface area contributed by atoms with Gasteiger partial charge in [0.15, 0.2) is 11.6 Å². The molecule has 5 nitrogen and oxygen atoms in total. The molecular weight excluding hydrogens is 362 g/mol. The topological polar surface area (TPSA) is 54.0 Å². The number of likely N-dealkylation sites (tertiary alicyclic amines) is 1. The molecule has 1 N–H and O–H groups in total. The molecule has 1 fully saturated rings. The summed E-state index contributed by atoms with van der Waals surface area (Å²) in [5, 5.41) is 7.56. The van der Waals surface area contributed by atoms with Crippen molar-refractivity contribution in [3.05, 3.63) is 77.4 Å². The summed E-state index contributed by atoms with van der Waals surface area (Å²) < 4.78 is 31.7. The molecule has 2 aromatic heterocycles. The Kier molecular flexibility index (Phi) is 5.62. The summed E-state index contributed by atoms with van der Waals surface area (Å²) in [6, 6.07) is 9.95. The van der Waals surface area contributed by atoms with Gasteiger partial charge in [0.05, 0.1) is 18.3 Å². The van der Waals surface area contributed by atoms with Crippen LogP contribution >= 0.6 is 0 Å². The summed E-state index contributed by atoms with van der Waals surface area (Å²) in [5.41, 5.74) is 3.19. The van der Waals surface area contributed by atoms with Crippen molar-refractivity contribution in [2.45, 2.75) is 31.8 Å². The second-order valence-corrected chi connectivity index (χ2v) is 6.98. The van der Waals surface area contributed by atoms with Gasteiger partial charge in [0.25, 0.3) is 0 Å². The van der Waals surface area contributed by atoms with Crippen LogP contribution in [0.3, 0.4) is 0 Å². The zero-order valence-electron chi connectivity index (χ0n) is 15.4. The fraction of sp³-hybridized carbons (Fsp3) is 0.333. The maximum absolute atomic E-state index is 13.2. The molecule has 1 aromatic carbocycles. The lowest BCUT2D eigenvalue weighted by Gasteiger charge is -2.22. The van der Waals surface area contributed by atoms with E-state index >= 15 is 0 Å². The number of ether oxygens (including phenoxy) is 1. The Morgan fingerprint density at radius 2 is 2.11 bits per heavy atom. The lowest BCUT2D eigenvalue weighted by Crippen LogP contribution is -2.23. The van der Waals surface area contributed by atoms with Crippen LogP contribution in [0, 0.1) is 11.6 Å². The van der Waals surface area contributed by atoms with Gasteiger partial charge in [0.1, 0.15) is 5.75 Å². The van der Waals surface area contributed by atoms with E-state index in [0.717, 1.165) is 49.5 Å². The Hall–Kier alpha value is -2.80. The highest BCUT2D eigenvalue weighted by Crippen LogP contribution is 2.32. The number of hydrogen-bond acceptors (Lipinski definition) is 4. The number of pyridine rings is 1. The predicted molar refractivity (Wildman–Crippen MR) is 101 cm³/mol. The highest BCUT2D eigenvalue weighted by molar-refractivity contribution is 5.24. The second-order valence-electron chi connectivity index (χ2n) is 6.98. The van der Waals surface area contributed by atoms with Crippen LogP contribution in [0.4, 0.5) is 8.78 Å². The van der Waals surface area contributed by atoms with Crippen molar-refractivity contribution in [1.29, 1.82) is 0 Å². The third-order valence-corrected chi connectivity index (χ3v) is 5.00. The van der Waals surface area contributed by atoms with E-state index in [1.54, 1.807) is 6.20 Å². The van der Waals surface area contributed by atoms with Gasteiger partial charge in [-0.1, -0.05) is 6.07 Å². The summed E-state index contributed by atoms with van der Waals surface area (Å²) in [6.07, 6.45) is 6.53. The summed E-state index contributed by atoms with van der Waals surface area (Å²) in [5.74, 6) is -1.47. The Labute approximate surface area is 162 Å². The first-order valence-electron chi connectivity index (χ1n) is 9.44. The van der Waals surface area contributed by atoms with Gasteiger partial charge in [-0.25, -0.2) is 8.78 Å². The lowest BCUT2D eigenvalue weighted by molar-refractivity contribution is 0.244. The third kappa shape index (κ3) is 4.36. The summed E-state index contributed by atoms with van der Waals surface area (Å²) in [6.45, 7) is 2.26. The number of aromatic nitrogens is 3. The van der Waals surface area contributed by atoms with Gasteiger partial charge >= 0.3 is 0 Å². The van der Waals surface area contributed by atoms with Gasteiger partial charge in [-0.05, 0) is 49.2 Å². The summed E-state index contributed by atoms with van der Waals surface area (Å²) in [4.78, 5) is 6.62. The number of H-pyrrole nitrogens is 1. The average molecular weight is 384 g/mol. The van der Waals surface area contributed by atoms with Crippen LogP contribution < -0.4 is 4.74 Å². The van der Waals surface area contributed by atoms with E-state index in [1.165, 1.54) is 11.6 Å². The molecule has 0 spiro atoms. The van der Waals surface area contributed by atoms with Crippen LogP contribution in [-0.2, 0) is 13.0 Å². The van der Waals surface area contributed by atoms with E-state index in [-0.39, 0.29) is 6.04 Å². The van der Waals surface area contributed by atoms with Gasteiger partial charge in [-0.15, -0.1) is 0 Å². The zero-order chi connectivity index (χ0) is 19.3. The molecule has 0 radical (unpaired) electrons. The van der Waals surface area contributed by atoms with Gasteiger partial charge in [-0.2, -0.15) is 5.10 Å². The van der Waals surface area contributed by atoms with Crippen molar-refractivity contribution < 1.29 is 13.5 Å². The lowest BCUT2D eigenvalue weighted by atomic mass is 10.1. The molecule has 28 heavy (non-hydrogen) atoms. The first-order chi connectivity index (χ1) is 13.7. The Morgan fingerprint density at radius 1 is 1.18 bits per heavy atom. The highest BCUT2D eigenvalue weighted by Gasteiger charge is 2.28. The largest absolute Gasteiger partial charge is 0.493 e. The minimum absolute atomic E-state index is 0.289. The van der Waals surface area contributed by atoms with Crippen molar-refractivity contribution in [1.82, 2.24) is 20.1 Å². The van der Waals surface area contributed by atoms with Crippen molar-refractivity contribution in [3.63, 3.8) is 0 Å². The van der Waals surface area contributed by atoms with Crippen LogP contribution in [-0.4, -0.2) is 33.2 Å². The molecule has 3 aromatic rings. The second kappa shape index (κ2) is 8.48. The van der Waals surface area contributed by atoms with Crippen LogP contribution in [0.5, 0.6) is 5.75 Å². The van der Waals surface area contributed by atoms with E-state index in [2.05, 4.69) is 32.2 Å². The molecule has 3 heterocycles. The van der Waals surface area contributed by atoms with Crippen LogP contribution in [0.15, 0.2) is 48.8 Å². The minimum Gasteiger partial charge on any atom is -0.493 e. The molecule has 0 saturated carbocycles. The van der Waals surface area contributed by atoms with Crippen LogP contribution in [0.2, 0.25) is 0 Å². The zero-order valence-corrected chi connectivity index (χ0v) is 15.4. The number of benzene rings is 1. The maximum atomic E-state index is 13.2. The molecule has 0 bridgehead atoms. The third-order valence-electron chi connectivity index (χ3n) is 5.00. The molecule has 4 rings (SSSR count). The smallest absolute Gasteiger partial charge is 0.162 e. The van der Waals surface area contributed by atoms with E-state index < -0.39 is 11.6 Å². The first kappa shape index (κ1) is 18.6. The van der Waals surface area contributed by atoms with Crippen molar-refractivity contribution >= 4 is 0 Å². The van der Waals surface area contributed by atoms with E-state index in [1.807, 2.05) is 12.3 Å². The normalized spacial score (nSPS) is 17.1. The fourth-order valence-electron chi connectivity index (χ4n) is 3.60. The number of nitrogens with one attached hydrogen (secondary N) is 1. The van der Waals surface area contributed by atoms with E-state index in [0.29, 0.717) is 18.8 Å². The average Bonchev–Trinajstić information content (AvgIpc) is 3.35. The molecule has 0 amide bonds. The monoisotopic (exact) mass is 384 g/mol. The van der Waals surface area contributed by atoms with Gasteiger partial charge < -0.3 is 4.74 Å². The highest BCUT2D eigenvalue weighted by atomic mass is 19.2. The quantitative estimate of drug-likeness (QED) is 0.668. The predicted octanol–water partition coefficient (Wildman–Crippen LogP) is 4.04. The molecular formula is C21H22F2N4O. The Morgan fingerprint density at radius 3 is 2.93 bits per heavy atom. The molecule has 1 aliphatic heterocycles. The molecule has 1 unspecified atom stereocenters. The number of rotatable bonds is 7. The van der Waals surface area contributed by atoms with Crippen molar-refractivity contribution in [2.24, 2.45) is 0 Å². The van der Waals surface area contributed by atoms with Crippen LogP contribution in [0.1, 0.15) is 35.8 Å². The fourth-order valence-corrected chi connectivity index (χ4v) is 3.60. The maximum Gasteiger partial charge on any atom is 0.162 e. The Bertz CT molecular complexity index is 916. The van der Waals surface area contributed by atoms with E-state index in [4.69, 9.17) is 4.74 Å². The van der Waals surface area contributed by atoms with Gasteiger partial charge in [0.2, 0.25) is 0 Å².